The van der Waals surface area contributed by atoms with Crippen LogP contribution in [0.3, 0.4) is 0 Å². The fraction of sp³-hybridized carbons (Fsp3) is 0.667. The van der Waals surface area contributed by atoms with Crippen LogP contribution in [0, 0.1) is 6.92 Å². The molecule has 0 unspecified atom stereocenters. The van der Waals surface area contributed by atoms with Crippen LogP contribution >= 0.6 is 11.3 Å². The number of aryl methyl sites for hydroxylation is 1. The molecule has 6 nitrogen and oxygen atoms in total. The second-order valence-corrected chi connectivity index (χ2v) is 7.52. The Morgan fingerprint density at radius 3 is 2.35 bits per heavy atom. The van der Waals surface area contributed by atoms with Gasteiger partial charge < -0.3 is 10.1 Å². The molecule has 98 valence electrons. The lowest BCUT2D eigenvalue weighted by Crippen LogP contribution is -2.47. The highest BCUT2D eigenvalue weighted by molar-refractivity contribution is 7.91. The Bertz CT molecular complexity index is 556. The van der Waals surface area contributed by atoms with Crippen LogP contribution in [0.1, 0.15) is 19.5 Å². The molecule has 0 aromatic carbocycles. The summed E-state index contributed by atoms with van der Waals surface area (Å²) >= 11 is 0.654. The third kappa shape index (κ3) is 2.59. The number of H-pyrrole nitrogens is 1. The van der Waals surface area contributed by atoms with Crippen molar-refractivity contribution in [1.82, 2.24) is 9.29 Å². The number of sulfonamides is 1. The van der Waals surface area contributed by atoms with Crippen molar-refractivity contribution in [3.8, 4) is 0 Å². The zero-order valence-electron chi connectivity index (χ0n) is 10.1. The molecule has 0 aliphatic rings. The molecule has 1 heterocycles. The van der Waals surface area contributed by atoms with Crippen LogP contribution in [0.2, 0.25) is 0 Å². The average Bonchev–Trinajstić information content (AvgIpc) is 2.57. The quantitative estimate of drug-likeness (QED) is 0.820. The van der Waals surface area contributed by atoms with Crippen LogP contribution in [-0.2, 0) is 10.0 Å². The van der Waals surface area contributed by atoms with Gasteiger partial charge in [-0.3, -0.25) is 4.79 Å². The lowest BCUT2D eigenvalue weighted by atomic mass is 10.1. The van der Waals surface area contributed by atoms with E-state index in [1.807, 2.05) is 0 Å². The summed E-state index contributed by atoms with van der Waals surface area (Å²) in [6, 6.07) is 0. The van der Waals surface area contributed by atoms with Crippen molar-refractivity contribution in [3.05, 3.63) is 15.4 Å². The van der Waals surface area contributed by atoms with Crippen molar-refractivity contribution >= 4 is 21.4 Å². The normalized spacial score (nSPS) is 13.3. The molecule has 1 aromatic rings. The highest BCUT2D eigenvalue weighted by Crippen LogP contribution is 2.25. The van der Waals surface area contributed by atoms with Crippen LogP contribution < -0.4 is 4.87 Å². The van der Waals surface area contributed by atoms with Crippen molar-refractivity contribution in [3.63, 3.8) is 0 Å². The van der Waals surface area contributed by atoms with Gasteiger partial charge in [0.25, 0.3) is 10.0 Å². The molecule has 0 atom stereocenters. The lowest BCUT2D eigenvalue weighted by molar-refractivity contribution is 0.138. The average molecular weight is 280 g/mol. The summed E-state index contributed by atoms with van der Waals surface area (Å²) < 4.78 is 25.5. The monoisotopic (exact) mass is 280 g/mol. The molecule has 17 heavy (non-hydrogen) atoms. The standard InChI is InChI=1S/C9H16N2O4S2/c1-6-7(16-8(13)10-6)17(14,15)11(4)9(2,3)5-12/h12H,5H2,1-4H3,(H,10,13). The van der Waals surface area contributed by atoms with Crippen LogP contribution in [-0.4, -0.2) is 42.0 Å². The van der Waals surface area contributed by atoms with E-state index in [9.17, 15) is 18.3 Å². The van der Waals surface area contributed by atoms with Gasteiger partial charge in [0.15, 0.2) is 4.21 Å². The number of nitrogens with one attached hydrogen (secondary N) is 1. The summed E-state index contributed by atoms with van der Waals surface area (Å²) in [7, 11) is -2.37. The first-order chi connectivity index (χ1) is 7.63. The van der Waals surface area contributed by atoms with Crippen LogP contribution in [0.15, 0.2) is 9.00 Å². The molecular weight excluding hydrogens is 264 g/mol. The topological polar surface area (TPSA) is 90.5 Å². The zero-order chi connectivity index (χ0) is 13.4. The molecule has 2 N–H and O–H groups in total. The molecule has 0 radical (unpaired) electrons. The van der Waals surface area contributed by atoms with Gasteiger partial charge in [-0.2, -0.15) is 4.31 Å². The Kier molecular flexibility index (Phi) is 3.82. The second-order valence-electron chi connectivity index (χ2n) is 4.37. The van der Waals surface area contributed by atoms with Crippen molar-refractivity contribution in [1.29, 1.82) is 0 Å². The van der Waals surface area contributed by atoms with Gasteiger partial charge in [0.2, 0.25) is 0 Å². The number of nitrogens with zero attached hydrogens (tertiary/aromatic N) is 1. The summed E-state index contributed by atoms with van der Waals surface area (Å²) in [4.78, 5) is 13.2. The Morgan fingerprint density at radius 2 is 2.00 bits per heavy atom. The van der Waals surface area contributed by atoms with Crippen LogP contribution in [0.5, 0.6) is 0 Å². The number of thiazole rings is 1. The van der Waals surface area contributed by atoms with Gasteiger partial charge in [0.05, 0.1) is 12.1 Å². The highest BCUT2D eigenvalue weighted by Gasteiger charge is 2.35. The minimum atomic E-state index is -3.76. The van der Waals surface area contributed by atoms with E-state index >= 15 is 0 Å². The number of aliphatic hydroxyl groups is 1. The second kappa shape index (κ2) is 4.52. The van der Waals surface area contributed by atoms with Crippen molar-refractivity contribution in [2.24, 2.45) is 0 Å². The van der Waals surface area contributed by atoms with Gasteiger partial charge in [0, 0.05) is 12.7 Å². The minimum absolute atomic E-state index is 0.00785. The summed E-state index contributed by atoms with van der Waals surface area (Å²) in [6.45, 7) is 4.44. The van der Waals surface area contributed by atoms with E-state index in [1.54, 1.807) is 13.8 Å². The Morgan fingerprint density at radius 1 is 1.47 bits per heavy atom. The van der Waals surface area contributed by atoms with Gasteiger partial charge in [-0.05, 0) is 20.8 Å². The number of rotatable bonds is 4. The van der Waals surface area contributed by atoms with E-state index in [0.29, 0.717) is 17.0 Å². The zero-order valence-corrected chi connectivity index (χ0v) is 11.8. The van der Waals surface area contributed by atoms with Crippen molar-refractivity contribution in [2.45, 2.75) is 30.5 Å². The van der Waals surface area contributed by atoms with Crippen molar-refractivity contribution in [2.75, 3.05) is 13.7 Å². The summed E-state index contributed by atoms with van der Waals surface area (Å²) in [5.74, 6) is 0. The molecule has 8 heteroatoms. The molecule has 0 saturated carbocycles. The van der Waals surface area contributed by atoms with E-state index < -0.39 is 20.4 Å². The molecule has 0 aliphatic carbocycles. The Balaban J connectivity index is 3.30. The molecule has 0 fully saturated rings. The number of likely N-dealkylation sites (N-methyl/N-ethyl adjacent to an activating group) is 1. The fourth-order valence-corrected chi connectivity index (χ4v) is 4.14. The maximum absolute atomic E-state index is 12.2. The molecule has 0 spiro atoms. The number of hydrogen-bond donors (Lipinski definition) is 2. The van der Waals surface area contributed by atoms with E-state index in [-0.39, 0.29) is 10.8 Å². The summed E-state index contributed by atoms with van der Waals surface area (Å²) in [5, 5.41) is 9.18. The van der Waals surface area contributed by atoms with E-state index in [0.717, 1.165) is 4.31 Å². The first-order valence-corrected chi connectivity index (χ1v) is 7.18. The van der Waals surface area contributed by atoms with Gasteiger partial charge in [-0.25, -0.2) is 8.42 Å². The highest BCUT2D eigenvalue weighted by atomic mass is 32.2. The third-order valence-electron chi connectivity index (χ3n) is 2.62. The van der Waals surface area contributed by atoms with E-state index in [2.05, 4.69) is 4.98 Å². The molecular formula is C9H16N2O4S2. The number of hydrogen-bond acceptors (Lipinski definition) is 5. The molecule has 0 saturated heterocycles. The third-order valence-corrected chi connectivity index (χ3v) is 6.27. The molecule has 1 rings (SSSR count). The van der Waals surface area contributed by atoms with Crippen LogP contribution in [0.25, 0.3) is 0 Å². The fourth-order valence-electron chi connectivity index (χ4n) is 1.19. The van der Waals surface area contributed by atoms with Gasteiger partial charge in [0.1, 0.15) is 0 Å². The predicted molar refractivity (Wildman–Crippen MR) is 65.8 cm³/mol. The Hall–Kier alpha value is -0.700. The number of aromatic nitrogens is 1. The minimum Gasteiger partial charge on any atom is -0.394 e. The van der Waals surface area contributed by atoms with Gasteiger partial charge >= 0.3 is 4.87 Å². The van der Waals surface area contributed by atoms with E-state index in [1.165, 1.54) is 14.0 Å². The largest absolute Gasteiger partial charge is 0.394 e. The smallest absolute Gasteiger partial charge is 0.305 e. The predicted octanol–water partition coefficient (Wildman–Crippen LogP) is 0.136. The molecule has 0 aliphatic heterocycles. The van der Waals surface area contributed by atoms with Crippen molar-refractivity contribution < 1.29 is 13.5 Å². The lowest BCUT2D eigenvalue weighted by Gasteiger charge is -2.32. The summed E-state index contributed by atoms with van der Waals surface area (Å²) in [6.07, 6.45) is 0. The van der Waals surface area contributed by atoms with E-state index in [4.69, 9.17) is 0 Å². The Labute approximate surface area is 104 Å². The van der Waals surface area contributed by atoms with Gasteiger partial charge in [-0.1, -0.05) is 11.3 Å². The first-order valence-electron chi connectivity index (χ1n) is 4.92. The number of aromatic amines is 1. The maximum atomic E-state index is 12.2. The first kappa shape index (κ1) is 14.4. The SMILES string of the molecule is Cc1[nH]c(=O)sc1S(=O)(=O)N(C)C(C)(C)CO. The molecule has 0 bridgehead atoms. The molecule has 0 amide bonds. The number of aliphatic hydroxyl groups excluding tert-OH is 1. The van der Waals surface area contributed by atoms with Crippen LogP contribution in [0.4, 0.5) is 0 Å². The molecule has 1 aromatic heterocycles. The summed E-state index contributed by atoms with van der Waals surface area (Å²) in [5.41, 5.74) is -0.598. The maximum Gasteiger partial charge on any atom is 0.305 e. The van der Waals surface area contributed by atoms with Gasteiger partial charge in [-0.15, -0.1) is 0 Å².